The fourth-order valence-corrected chi connectivity index (χ4v) is 4.15. The third-order valence-corrected chi connectivity index (χ3v) is 5.35. The molecule has 1 aliphatic carbocycles. The predicted octanol–water partition coefficient (Wildman–Crippen LogP) is 5.09. The van der Waals surface area contributed by atoms with Gasteiger partial charge in [-0.25, -0.2) is 0 Å². The molecule has 0 N–H and O–H groups in total. The summed E-state index contributed by atoms with van der Waals surface area (Å²) in [5.74, 6) is 0.722. The molecule has 1 heterocycles. The van der Waals surface area contributed by atoms with Crippen LogP contribution < -0.4 is 0 Å². The van der Waals surface area contributed by atoms with Gasteiger partial charge in [0.25, 0.3) is 5.69 Å². The van der Waals surface area contributed by atoms with E-state index in [1.54, 1.807) is 12.1 Å². The van der Waals surface area contributed by atoms with Crippen molar-refractivity contribution in [3.05, 3.63) is 87.2 Å². The van der Waals surface area contributed by atoms with E-state index in [1.807, 2.05) is 30.3 Å². The van der Waals surface area contributed by atoms with E-state index < -0.39 is 4.92 Å². The molecule has 0 fully saturated rings. The molecule has 2 aromatic rings. The number of nitrogens with zero attached hydrogens (tertiary/aromatic N) is 1. The zero-order chi connectivity index (χ0) is 19.2. The molecule has 27 heavy (non-hydrogen) atoms. The van der Waals surface area contributed by atoms with Crippen LogP contribution >= 0.6 is 0 Å². The Hall–Kier alpha value is -2.95. The maximum Gasteiger partial charge on any atom is 0.269 e. The molecular weight excluding hydrogens is 342 g/mol. The van der Waals surface area contributed by atoms with Crippen LogP contribution in [0.15, 0.2) is 65.9 Å². The molecule has 5 nitrogen and oxygen atoms in total. The van der Waals surface area contributed by atoms with Crippen LogP contribution in [0.25, 0.3) is 0 Å². The zero-order valence-corrected chi connectivity index (χ0v) is 15.3. The first-order valence-corrected chi connectivity index (χ1v) is 9.08. The summed E-state index contributed by atoms with van der Waals surface area (Å²) in [6.45, 7) is 4.16. The maximum atomic E-state index is 13.0. The van der Waals surface area contributed by atoms with Crippen LogP contribution in [-0.4, -0.2) is 10.7 Å². The van der Waals surface area contributed by atoms with E-state index in [4.69, 9.17) is 4.74 Å². The highest BCUT2D eigenvalue weighted by Gasteiger charge is 2.46. The molecule has 0 bridgehead atoms. The third kappa shape index (κ3) is 3.14. The van der Waals surface area contributed by atoms with Crippen LogP contribution in [-0.2, 0) is 9.53 Å². The van der Waals surface area contributed by atoms with Crippen molar-refractivity contribution in [2.24, 2.45) is 5.41 Å². The number of carbonyl (C=O) groups is 1. The first-order valence-electron chi connectivity index (χ1n) is 9.08. The number of ketones is 1. The highest BCUT2D eigenvalue weighted by molar-refractivity contribution is 5.99. The maximum absolute atomic E-state index is 13.0. The predicted molar refractivity (Wildman–Crippen MR) is 101 cm³/mol. The van der Waals surface area contributed by atoms with E-state index in [9.17, 15) is 14.9 Å². The number of nitro benzene ring substituents is 1. The Kier molecular flexibility index (Phi) is 4.10. The molecule has 0 aromatic heterocycles. The quantitative estimate of drug-likeness (QED) is 0.562. The minimum Gasteiger partial charge on any atom is -0.489 e. The van der Waals surface area contributed by atoms with E-state index in [1.165, 1.54) is 12.1 Å². The SMILES string of the molecule is CC1(C)CC(=O)C2=C(C1)O[C@@H](c1ccc([N+](=O)[O-])cc1)[C@@H]2c1ccccc1. The van der Waals surface area contributed by atoms with Gasteiger partial charge >= 0.3 is 0 Å². The largest absolute Gasteiger partial charge is 0.489 e. The Morgan fingerprint density at radius 3 is 2.30 bits per heavy atom. The van der Waals surface area contributed by atoms with Gasteiger partial charge < -0.3 is 4.74 Å². The van der Waals surface area contributed by atoms with Gasteiger partial charge in [0.1, 0.15) is 11.9 Å². The second-order valence-electron chi connectivity index (χ2n) is 8.05. The summed E-state index contributed by atoms with van der Waals surface area (Å²) in [4.78, 5) is 23.5. The normalized spacial score (nSPS) is 23.7. The Labute approximate surface area is 157 Å². The van der Waals surface area contributed by atoms with Crippen LogP contribution in [0.3, 0.4) is 0 Å². The van der Waals surface area contributed by atoms with Crippen molar-refractivity contribution in [1.82, 2.24) is 0 Å². The second-order valence-corrected chi connectivity index (χ2v) is 8.05. The highest BCUT2D eigenvalue weighted by atomic mass is 16.6. The molecular formula is C22H21NO4. The molecule has 2 atom stereocenters. The Bertz CT molecular complexity index is 929. The fourth-order valence-electron chi connectivity index (χ4n) is 4.15. The summed E-state index contributed by atoms with van der Waals surface area (Å²) in [7, 11) is 0. The van der Waals surface area contributed by atoms with Gasteiger partial charge in [-0.05, 0) is 28.7 Å². The van der Waals surface area contributed by atoms with Crippen molar-refractivity contribution < 1.29 is 14.5 Å². The Morgan fingerprint density at radius 2 is 1.67 bits per heavy atom. The standard InChI is InChI=1S/C22H21NO4/c1-22(2)12-17(24)20-18(13-22)27-21(19(20)14-6-4-3-5-7-14)15-8-10-16(11-9-15)23(25)26/h3-11,19,21H,12-13H2,1-2H3/t19-,21+/m1/s1. The molecule has 0 saturated heterocycles. The van der Waals surface area contributed by atoms with Gasteiger partial charge in [-0.3, -0.25) is 14.9 Å². The molecule has 0 unspecified atom stereocenters. The van der Waals surface area contributed by atoms with Crippen LogP contribution in [0, 0.1) is 15.5 Å². The van der Waals surface area contributed by atoms with Crippen molar-refractivity contribution in [3.8, 4) is 0 Å². The summed E-state index contributed by atoms with van der Waals surface area (Å²) >= 11 is 0. The van der Waals surface area contributed by atoms with Crippen molar-refractivity contribution in [2.75, 3.05) is 0 Å². The number of ether oxygens (including phenoxy) is 1. The number of benzene rings is 2. The van der Waals surface area contributed by atoms with Gasteiger partial charge in [-0.1, -0.05) is 44.2 Å². The van der Waals surface area contributed by atoms with E-state index >= 15 is 0 Å². The van der Waals surface area contributed by atoms with Gasteiger partial charge in [-0.2, -0.15) is 0 Å². The van der Waals surface area contributed by atoms with E-state index in [0.717, 1.165) is 28.9 Å². The van der Waals surface area contributed by atoms with Crippen LogP contribution in [0.4, 0.5) is 5.69 Å². The number of rotatable bonds is 3. The van der Waals surface area contributed by atoms with Gasteiger partial charge in [-0.15, -0.1) is 0 Å². The lowest BCUT2D eigenvalue weighted by Gasteiger charge is -2.29. The lowest BCUT2D eigenvalue weighted by atomic mass is 9.72. The minimum atomic E-state index is -0.413. The summed E-state index contributed by atoms with van der Waals surface area (Å²) in [5, 5.41) is 11.0. The highest BCUT2D eigenvalue weighted by Crippen LogP contribution is 2.53. The molecule has 4 rings (SSSR count). The van der Waals surface area contributed by atoms with Crippen molar-refractivity contribution in [3.63, 3.8) is 0 Å². The molecule has 0 saturated carbocycles. The number of hydrogen-bond acceptors (Lipinski definition) is 4. The summed E-state index contributed by atoms with van der Waals surface area (Å²) in [5.41, 5.74) is 2.56. The lowest BCUT2D eigenvalue weighted by Crippen LogP contribution is -2.26. The van der Waals surface area contributed by atoms with Crippen LogP contribution in [0.2, 0.25) is 0 Å². The second kappa shape index (κ2) is 6.34. The summed E-state index contributed by atoms with van der Waals surface area (Å²) in [6, 6.07) is 16.3. The number of non-ortho nitro benzene ring substituents is 1. The molecule has 0 amide bonds. The molecule has 0 radical (unpaired) electrons. The third-order valence-electron chi connectivity index (χ3n) is 5.35. The molecule has 2 aliphatic rings. The summed E-state index contributed by atoms with van der Waals surface area (Å²) in [6.07, 6.45) is 0.878. The molecule has 5 heteroatoms. The molecule has 138 valence electrons. The topological polar surface area (TPSA) is 69.4 Å². The molecule has 1 aliphatic heterocycles. The van der Waals surface area contributed by atoms with Crippen molar-refractivity contribution >= 4 is 11.5 Å². The number of Topliss-reactive ketones (excluding diaryl/α,β-unsaturated/α-hetero) is 1. The Balaban J connectivity index is 1.78. The van der Waals surface area contributed by atoms with E-state index in [0.29, 0.717) is 6.42 Å². The smallest absolute Gasteiger partial charge is 0.269 e. The van der Waals surface area contributed by atoms with Gasteiger partial charge in [0.2, 0.25) is 0 Å². The van der Waals surface area contributed by atoms with E-state index in [-0.39, 0.29) is 28.9 Å². The lowest BCUT2D eigenvalue weighted by molar-refractivity contribution is -0.384. The number of hydrogen-bond donors (Lipinski definition) is 0. The van der Waals surface area contributed by atoms with Crippen LogP contribution in [0.5, 0.6) is 0 Å². The van der Waals surface area contributed by atoms with Crippen molar-refractivity contribution in [1.29, 1.82) is 0 Å². The zero-order valence-electron chi connectivity index (χ0n) is 15.3. The molecule has 2 aromatic carbocycles. The first kappa shape index (κ1) is 17.5. The van der Waals surface area contributed by atoms with Crippen molar-refractivity contribution in [2.45, 2.75) is 38.7 Å². The fraction of sp³-hybridized carbons (Fsp3) is 0.318. The number of carbonyl (C=O) groups excluding carboxylic acids is 1. The van der Waals surface area contributed by atoms with E-state index in [2.05, 4.69) is 13.8 Å². The summed E-state index contributed by atoms with van der Waals surface area (Å²) < 4.78 is 6.31. The molecule has 0 spiro atoms. The first-order chi connectivity index (χ1) is 12.9. The Morgan fingerprint density at radius 1 is 1.00 bits per heavy atom. The monoisotopic (exact) mass is 363 g/mol. The number of nitro groups is 1. The van der Waals surface area contributed by atoms with Gasteiger partial charge in [0.05, 0.1) is 10.8 Å². The minimum absolute atomic E-state index is 0.0444. The van der Waals surface area contributed by atoms with Gasteiger partial charge in [0.15, 0.2) is 5.78 Å². The number of allylic oxidation sites excluding steroid dienone is 1. The average Bonchev–Trinajstić information content (AvgIpc) is 3.01. The van der Waals surface area contributed by atoms with Gasteiger partial charge in [0, 0.05) is 30.5 Å². The average molecular weight is 363 g/mol. The van der Waals surface area contributed by atoms with Crippen LogP contribution in [0.1, 0.15) is 49.8 Å².